The lowest BCUT2D eigenvalue weighted by Crippen LogP contribution is -2.40. The van der Waals surface area contributed by atoms with E-state index in [1.54, 1.807) is 0 Å². The van der Waals surface area contributed by atoms with E-state index in [0.29, 0.717) is 0 Å². The molecule has 1 unspecified atom stereocenters. The second kappa shape index (κ2) is 4.59. The van der Waals surface area contributed by atoms with Crippen LogP contribution >= 0.6 is 0 Å². The minimum atomic E-state index is -3.99. The van der Waals surface area contributed by atoms with Crippen molar-refractivity contribution >= 4 is 27.7 Å². The second-order valence-electron chi connectivity index (χ2n) is 4.06. The number of carbonyl (C=O) groups is 2. The number of likely N-dealkylation sites (tertiary alicyclic amines) is 1. The van der Waals surface area contributed by atoms with E-state index in [0.717, 1.165) is 4.90 Å². The first kappa shape index (κ1) is 13.4. The van der Waals surface area contributed by atoms with Crippen molar-refractivity contribution in [2.75, 3.05) is 12.8 Å². The normalized spacial score (nSPS) is 20.1. The van der Waals surface area contributed by atoms with Crippen molar-refractivity contribution in [3.8, 4) is 0 Å². The molecule has 0 aliphatic carbocycles. The van der Waals surface area contributed by atoms with Crippen LogP contribution in [0.3, 0.4) is 0 Å². The number of aromatic nitrogens is 1. The van der Waals surface area contributed by atoms with Gasteiger partial charge in [-0.2, -0.15) is 4.72 Å². The number of amides is 2. The molecule has 1 atom stereocenters. The van der Waals surface area contributed by atoms with Crippen LogP contribution in [0, 0.1) is 0 Å². The molecule has 0 saturated carbocycles. The number of anilines is 1. The Bertz CT molecular complexity index is 643. The molecule has 102 valence electrons. The van der Waals surface area contributed by atoms with Crippen LogP contribution in [0.5, 0.6) is 0 Å². The maximum absolute atomic E-state index is 12.1. The summed E-state index contributed by atoms with van der Waals surface area (Å²) in [5, 5.41) is 0. The van der Waals surface area contributed by atoms with E-state index in [-0.39, 0.29) is 17.1 Å². The number of hydrogen-bond donors (Lipinski definition) is 2. The molecule has 2 heterocycles. The molecular weight excluding hydrogens is 272 g/mol. The van der Waals surface area contributed by atoms with Crippen molar-refractivity contribution in [1.29, 1.82) is 0 Å². The molecule has 3 N–H and O–H groups in total. The van der Waals surface area contributed by atoms with Crippen molar-refractivity contribution in [1.82, 2.24) is 14.6 Å². The van der Waals surface area contributed by atoms with Crippen LogP contribution in [0.4, 0.5) is 5.82 Å². The molecule has 0 bridgehead atoms. The summed E-state index contributed by atoms with van der Waals surface area (Å²) in [5.41, 5.74) is 5.48. The van der Waals surface area contributed by atoms with Gasteiger partial charge in [0.15, 0.2) is 0 Å². The average molecular weight is 284 g/mol. The number of imide groups is 1. The van der Waals surface area contributed by atoms with E-state index in [1.165, 1.54) is 25.4 Å². The Labute approximate surface area is 109 Å². The number of nitrogens with zero attached hydrogens (tertiary/aromatic N) is 2. The Balaban J connectivity index is 2.27. The van der Waals surface area contributed by atoms with Crippen LogP contribution in [0.2, 0.25) is 0 Å². The second-order valence-corrected chi connectivity index (χ2v) is 5.74. The van der Waals surface area contributed by atoms with Crippen LogP contribution in [0.25, 0.3) is 0 Å². The van der Waals surface area contributed by atoms with Crippen molar-refractivity contribution in [3.63, 3.8) is 0 Å². The standard InChI is InChI=1S/C10H12N4O4S/c1-14-8(15)5-6(10(14)16)13-19(17,18)7-3-2-4-12-9(7)11/h2-4,6,13H,5H2,1H3,(H2,11,12). The zero-order chi connectivity index (χ0) is 14.2. The van der Waals surface area contributed by atoms with E-state index >= 15 is 0 Å². The molecule has 1 aliphatic heterocycles. The number of nitrogens with one attached hydrogen (secondary N) is 1. The summed E-state index contributed by atoms with van der Waals surface area (Å²) >= 11 is 0. The molecular formula is C10H12N4O4S. The number of rotatable bonds is 3. The van der Waals surface area contributed by atoms with Crippen molar-refractivity contribution < 1.29 is 18.0 Å². The van der Waals surface area contributed by atoms with E-state index in [9.17, 15) is 18.0 Å². The predicted molar refractivity (Wildman–Crippen MR) is 65.2 cm³/mol. The highest BCUT2D eigenvalue weighted by Crippen LogP contribution is 2.18. The quantitative estimate of drug-likeness (QED) is 0.665. The molecule has 2 rings (SSSR count). The first-order valence-electron chi connectivity index (χ1n) is 5.36. The van der Waals surface area contributed by atoms with Gasteiger partial charge in [-0.25, -0.2) is 13.4 Å². The number of sulfonamides is 1. The lowest BCUT2D eigenvalue weighted by molar-refractivity contribution is -0.137. The molecule has 1 aliphatic rings. The van der Waals surface area contributed by atoms with Crippen molar-refractivity contribution in [2.45, 2.75) is 17.4 Å². The van der Waals surface area contributed by atoms with Crippen LogP contribution in [0.15, 0.2) is 23.2 Å². The van der Waals surface area contributed by atoms with Gasteiger partial charge in [0.1, 0.15) is 16.8 Å². The molecule has 9 heteroatoms. The highest BCUT2D eigenvalue weighted by Gasteiger charge is 2.39. The monoisotopic (exact) mass is 284 g/mol. The van der Waals surface area contributed by atoms with Gasteiger partial charge in [-0.15, -0.1) is 0 Å². The van der Waals surface area contributed by atoms with Gasteiger partial charge >= 0.3 is 0 Å². The van der Waals surface area contributed by atoms with Crippen LogP contribution in [-0.4, -0.2) is 43.2 Å². The number of likely N-dealkylation sites (N-methyl/N-ethyl adjacent to an activating group) is 1. The Hall–Kier alpha value is -2.00. The topological polar surface area (TPSA) is 122 Å². The molecule has 0 spiro atoms. The molecule has 1 aromatic heterocycles. The first-order valence-corrected chi connectivity index (χ1v) is 6.84. The van der Waals surface area contributed by atoms with E-state index in [2.05, 4.69) is 9.71 Å². The van der Waals surface area contributed by atoms with Crippen molar-refractivity contribution in [2.24, 2.45) is 0 Å². The summed E-state index contributed by atoms with van der Waals surface area (Å²) in [6.07, 6.45) is 1.15. The summed E-state index contributed by atoms with van der Waals surface area (Å²) in [4.78, 5) is 27.3. The fourth-order valence-corrected chi connectivity index (χ4v) is 3.00. The fraction of sp³-hybridized carbons (Fsp3) is 0.300. The Morgan fingerprint density at radius 2 is 2.16 bits per heavy atom. The Morgan fingerprint density at radius 3 is 2.68 bits per heavy atom. The molecule has 19 heavy (non-hydrogen) atoms. The number of nitrogen functional groups attached to an aromatic ring is 1. The van der Waals surface area contributed by atoms with Crippen LogP contribution in [0.1, 0.15) is 6.42 Å². The first-order chi connectivity index (χ1) is 8.83. The number of carbonyl (C=O) groups excluding carboxylic acids is 2. The highest BCUT2D eigenvalue weighted by molar-refractivity contribution is 7.89. The summed E-state index contributed by atoms with van der Waals surface area (Å²) in [6.45, 7) is 0. The van der Waals surface area contributed by atoms with Gasteiger partial charge in [-0.3, -0.25) is 14.5 Å². The van der Waals surface area contributed by atoms with Gasteiger partial charge in [-0.1, -0.05) is 0 Å². The van der Waals surface area contributed by atoms with Crippen molar-refractivity contribution in [3.05, 3.63) is 18.3 Å². The summed E-state index contributed by atoms with van der Waals surface area (Å²) in [7, 11) is -2.69. The Kier molecular flexibility index (Phi) is 3.25. The van der Waals surface area contributed by atoms with Gasteiger partial charge in [0.2, 0.25) is 21.8 Å². The molecule has 1 aromatic rings. The van der Waals surface area contributed by atoms with Crippen LogP contribution < -0.4 is 10.5 Å². The third-order valence-corrected chi connectivity index (χ3v) is 4.29. The summed E-state index contributed by atoms with van der Waals surface area (Å²) in [6, 6.07) is 1.59. The number of nitrogens with two attached hydrogens (primary N) is 1. The molecule has 1 saturated heterocycles. The molecule has 0 aromatic carbocycles. The predicted octanol–water partition coefficient (Wildman–Crippen LogP) is -1.30. The third kappa shape index (κ3) is 2.42. The summed E-state index contributed by atoms with van der Waals surface area (Å²) < 4.78 is 26.3. The zero-order valence-corrected chi connectivity index (χ0v) is 10.8. The van der Waals surface area contributed by atoms with E-state index in [1.807, 2.05) is 0 Å². The lowest BCUT2D eigenvalue weighted by Gasteiger charge is -2.12. The largest absolute Gasteiger partial charge is 0.383 e. The van der Waals surface area contributed by atoms with E-state index < -0.39 is 27.9 Å². The maximum Gasteiger partial charge on any atom is 0.247 e. The zero-order valence-electron chi connectivity index (χ0n) is 10.0. The molecule has 0 radical (unpaired) electrons. The van der Waals surface area contributed by atoms with E-state index in [4.69, 9.17) is 5.73 Å². The Morgan fingerprint density at radius 1 is 1.47 bits per heavy atom. The average Bonchev–Trinajstić information content (AvgIpc) is 2.57. The SMILES string of the molecule is CN1C(=O)CC(NS(=O)(=O)c2cccnc2N)C1=O. The highest BCUT2D eigenvalue weighted by atomic mass is 32.2. The molecule has 2 amide bonds. The maximum atomic E-state index is 12.1. The summed E-state index contributed by atoms with van der Waals surface area (Å²) in [5.74, 6) is -1.19. The van der Waals surface area contributed by atoms with Gasteiger partial charge in [0, 0.05) is 13.2 Å². The number of hydrogen-bond acceptors (Lipinski definition) is 6. The van der Waals surface area contributed by atoms with Gasteiger partial charge in [0.05, 0.1) is 6.42 Å². The molecule has 1 fully saturated rings. The smallest absolute Gasteiger partial charge is 0.247 e. The fourth-order valence-electron chi connectivity index (χ4n) is 1.73. The third-order valence-electron chi connectivity index (χ3n) is 2.77. The van der Waals surface area contributed by atoms with Gasteiger partial charge in [-0.05, 0) is 12.1 Å². The van der Waals surface area contributed by atoms with Crippen LogP contribution in [-0.2, 0) is 19.6 Å². The minimum absolute atomic E-state index is 0.167. The lowest BCUT2D eigenvalue weighted by atomic mass is 10.3. The van der Waals surface area contributed by atoms with Gasteiger partial charge in [0.25, 0.3) is 0 Å². The van der Waals surface area contributed by atoms with Gasteiger partial charge < -0.3 is 5.73 Å². The minimum Gasteiger partial charge on any atom is -0.383 e. The molecule has 8 nitrogen and oxygen atoms in total. The number of pyridine rings is 1.